The largest absolute Gasteiger partial charge is 0.508 e. The van der Waals surface area contributed by atoms with Crippen molar-refractivity contribution in [3.05, 3.63) is 58.6 Å². The molecule has 0 heterocycles. The van der Waals surface area contributed by atoms with Gasteiger partial charge in [-0.1, -0.05) is 29.8 Å². The fourth-order valence-electron chi connectivity index (χ4n) is 1.98. The van der Waals surface area contributed by atoms with Crippen LogP contribution in [0.3, 0.4) is 0 Å². The molecule has 0 fully saturated rings. The van der Waals surface area contributed by atoms with Gasteiger partial charge in [0, 0.05) is 11.4 Å². The third kappa shape index (κ3) is 3.99. The molecule has 6 heteroatoms. The van der Waals surface area contributed by atoms with E-state index in [0.717, 1.165) is 11.6 Å². The fourth-order valence-corrected chi connectivity index (χ4v) is 2.21. The van der Waals surface area contributed by atoms with Crippen LogP contribution in [0.25, 0.3) is 0 Å². The summed E-state index contributed by atoms with van der Waals surface area (Å²) in [5.41, 5.74) is 0.837. The summed E-state index contributed by atoms with van der Waals surface area (Å²) in [6.07, 6.45) is 0.621. The third-order valence-electron chi connectivity index (χ3n) is 3.09. The molecule has 22 heavy (non-hydrogen) atoms. The van der Waals surface area contributed by atoms with Crippen molar-refractivity contribution in [1.82, 2.24) is 0 Å². The van der Waals surface area contributed by atoms with Gasteiger partial charge in [-0.2, -0.15) is 0 Å². The summed E-state index contributed by atoms with van der Waals surface area (Å²) in [6, 6.07) is 11.0. The Bertz CT molecular complexity index is 715. The standard InChI is InChI=1S/C16H14ClNO4/c17-13-4-2-1-3-10(13)5-8-15(20)18-14-7-6-11(19)9-12(14)16(21)22/h1-4,6-7,9,19H,5,8H2,(H,18,20)(H,21,22). The number of halogens is 1. The summed E-state index contributed by atoms with van der Waals surface area (Å²) in [4.78, 5) is 23.0. The first-order chi connectivity index (χ1) is 10.5. The average Bonchev–Trinajstić information content (AvgIpc) is 2.48. The van der Waals surface area contributed by atoms with E-state index in [1.54, 1.807) is 6.07 Å². The summed E-state index contributed by atoms with van der Waals surface area (Å²) in [5.74, 6) is -1.73. The van der Waals surface area contributed by atoms with Crippen LogP contribution in [-0.4, -0.2) is 22.1 Å². The maximum absolute atomic E-state index is 11.9. The molecule has 0 unspecified atom stereocenters. The molecule has 0 atom stereocenters. The monoisotopic (exact) mass is 319 g/mol. The smallest absolute Gasteiger partial charge is 0.337 e. The Morgan fingerprint density at radius 3 is 2.55 bits per heavy atom. The highest BCUT2D eigenvalue weighted by Crippen LogP contribution is 2.22. The maximum Gasteiger partial charge on any atom is 0.337 e. The number of rotatable bonds is 5. The first-order valence-electron chi connectivity index (χ1n) is 6.57. The van der Waals surface area contributed by atoms with Gasteiger partial charge in [0.05, 0.1) is 11.3 Å². The van der Waals surface area contributed by atoms with Crippen LogP contribution in [0.5, 0.6) is 5.75 Å². The lowest BCUT2D eigenvalue weighted by Crippen LogP contribution is -2.15. The molecule has 0 saturated carbocycles. The van der Waals surface area contributed by atoms with Crippen LogP contribution in [0.2, 0.25) is 5.02 Å². The SMILES string of the molecule is O=C(CCc1ccccc1Cl)Nc1ccc(O)cc1C(=O)O. The molecule has 3 N–H and O–H groups in total. The van der Waals surface area contributed by atoms with E-state index in [1.807, 2.05) is 18.2 Å². The van der Waals surface area contributed by atoms with Crippen molar-refractivity contribution in [3.8, 4) is 5.75 Å². The van der Waals surface area contributed by atoms with E-state index in [1.165, 1.54) is 12.1 Å². The number of nitrogens with one attached hydrogen (secondary N) is 1. The second-order valence-electron chi connectivity index (χ2n) is 4.67. The van der Waals surface area contributed by atoms with Crippen LogP contribution in [-0.2, 0) is 11.2 Å². The number of carboxylic acids is 1. The lowest BCUT2D eigenvalue weighted by molar-refractivity contribution is -0.116. The van der Waals surface area contributed by atoms with Crippen molar-refractivity contribution in [2.24, 2.45) is 0 Å². The Hall–Kier alpha value is -2.53. The van der Waals surface area contributed by atoms with Crippen molar-refractivity contribution >= 4 is 29.2 Å². The number of amides is 1. The van der Waals surface area contributed by atoms with Gasteiger partial charge in [0.15, 0.2) is 0 Å². The predicted molar refractivity (Wildman–Crippen MR) is 83.5 cm³/mol. The van der Waals surface area contributed by atoms with Gasteiger partial charge in [0.2, 0.25) is 5.91 Å². The number of hydrogen-bond donors (Lipinski definition) is 3. The minimum atomic E-state index is -1.22. The molecule has 0 saturated heterocycles. The highest BCUT2D eigenvalue weighted by atomic mass is 35.5. The molecule has 0 bridgehead atoms. The number of carbonyl (C=O) groups excluding carboxylic acids is 1. The van der Waals surface area contributed by atoms with Crippen LogP contribution < -0.4 is 5.32 Å². The minimum absolute atomic E-state index is 0.148. The summed E-state index contributed by atoms with van der Waals surface area (Å²) in [7, 11) is 0. The summed E-state index contributed by atoms with van der Waals surface area (Å²) < 4.78 is 0. The minimum Gasteiger partial charge on any atom is -0.508 e. The number of aromatic hydroxyl groups is 1. The highest BCUT2D eigenvalue weighted by Gasteiger charge is 2.13. The molecule has 114 valence electrons. The summed E-state index contributed by atoms with van der Waals surface area (Å²) >= 11 is 6.01. The second-order valence-corrected chi connectivity index (χ2v) is 5.08. The second kappa shape index (κ2) is 6.95. The lowest BCUT2D eigenvalue weighted by atomic mass is 10.1. The van der Waals surface area contributed by atoms with Crippen molar-refractivity contribution in [2.45, 2.75) is 12.8 Å². The van der Waals surface area contributed by atoms with Gasteiger partial charge in [-0.05, 0) is 36.2 Å². The van der Waals surface area contributed by atoms with Gasteiger partial charge in [0.25, 0.3) is 0 Å². The summed E-state index contributed by atoms with van der Waals surface area (Å²) in [6.45, 7) is 0. The van der Waals surface area contributed by atoms with E-state index in [-0.39, 0.29) is 29.3 Å². The van der Waals surface area contributed by atoms with E-state index in [4.69, 9.17) is 16.7 Å². The Kier molecular flexibility index (Phi) is 5.01. The van der Waals surface area contributed by atoms with Crippen LogP contribution in [0.1, 0.15) is 22.3 Å². The molecule has 0 aliphatic heterocycles. The zero-order valence-electron chi connectivity index (χ0n) is 11.5. The quantitative estimate of drug-likeness (QED) is 0.738. The number of aryl methyl sites for hydroxylation is 1. The Labute approximate surface area is 132 Å². The number of phenolic OH excluding ortho intramolecular Hbond substituents is 1. The lowest BCUT2D eigenvalue weighted by Gasteiger charge is -2.09. The molecule has 2 rings (SSSR count). The van der Waals surface area contributed by atoms with Gasteiger partial charge >= 0.3 is 5.97 Å². The van der Waals surface area contributed by atoms with Crippen molar-refractivity contribution in [3.63, 3.8) is 0 Å². The Morgan fingerprint density at radius 1 is 1.14 bits per heavy atom. The molecule has 2 aromatic carbocycles. The molecule has 5 nitrogen and oxygen atoms in total. The number of hydrogen-bond acceptors (Lipinski definition) is 3. The Balaban J connectivity index is 2.04. The fraction of sp³-hybridized carbons (Fsp3) is 0.125. The number of phenols is 1. The van der Waals surface area contributed by atoms with E-state index >= 15 is 0 Å². The van der Waals surface area contributed by atoms with Crippen molar-refractivity contribution in [1.29, 1.82) is 0 Å². The third-order valence-corrected chi connectivity index (χ3v) is 3.46. The van der Waals surface area contributed by atoms with E-state index < -0.39 is 5.97 Å². The zero-order valence-corrected chi connectivity index (χ0v) is 12.3. The molecular weight excluding hydrogens is 306 g/mol. The van der Waals surface area contributed by atoms with E-state index in [0.29, 0.717) is 11.4 Å². The van der Waals surface area contributed by atoms with Gasteiger partial charge in [-0.25, -0.2) is 4.79 Å². The number of benzene rings is 2. The number of anilines is 1. The van der Waals surface area contributed by atoms with Crippen molar-refractivity contribution < 1.29 is 19.8 Å². The van der Waals surface area contributed by atoms with Crippen LogP contribution in [0.15, 0.2) is 42.5 Å². The van der Waals surface area contributed by atoms with E-state index in [2.05, 4.69) is 5.32 Å². The van der Waals surface area contributed by atoms with Gasteiger partial charge < -0.3 is 15.5 Å². The van der Waals surface area contributed by atoms with Gasteiger partial charge in [-0.15, -0.1) is 0 Å². The Morgan fingerprint density at radius 2 is 1.86 bits per heavy atom. The molecule has 0 aliphatic carbocycles. The van der Waals surface area contributed by atoms with Crippen LogP contribution in [0, 0.1) is 0 Å². The first-order valence-corrected chi connectivity index (χ1v) is 6.94. The zero-order chi connectivity index (χ0) is 16.1. The first kappa shape index (κ1) is 15.9. The predicted octanol–water partition coefficient (Wildman–Crippen LogP) is 3.32. The maximum atomic E-state index is 11.9. The molecule has 0 radical (unpaired) electrons. The molecule has 0 spiro atoms. The van der Waals surface area contributed by atoms with Crippen molar-refractivity contribution in [2.75, 3.05) is 5.32 Å². The van der Waals surface area contributed by atoms with Gasteiger partial charge in [0.1, 0.15) is 5.75 Å². The molecule has 2 aromatic rings. The molecule has 0 aromatic heterocycles. The van der Waals surface area contributed by atoms with Gasteiger partial charge in [-0.3, -0.25) is 4.79 Å². The van der Waals surface area contributed by atoms with Crippen LogP contribution >= 0.6 is 11.6 Å². The molecule has 0 aliphatic rings. The van der Waals surface area contributed by atoms with E-state index in [9.17, 15) is 14.7 Å². The number of carbonyl (C=O) groups is 2. The highest BCUT2D eigenvalue weighted by molar-refractivity contribution is 6.31. The topological polar surface area (TPSA) is 86.6 Å². The molecular formula is C16H14ClNO4. The van der Waals surface area contributed by atoms with Crippen LogP contribution in [0.4, 0.5) is 5.69 Å². The number of aromatic carboxylic acids is 1. The number of carboxylic acid groups (broad SMARTS) is 1. The normalized spacial score (nSPS) is 10.2. The summed E-state index contributed by atoms with van der Waals surface area (Å²) in [5, 5.41) is 21.5. The molecule has 1 amide bonds. The average molecular weight is 320 g/mol.